The summed E-state index contributed by atoms with van der Waals surface area (Å²) in [5.41, 5.74) is 0.834. The first kappa shape index (κ1) is 11.3. The number of hydrogen-bond acceptors (Lipinski definition) is 4. The lowest BCUT2D eigenvalue weighted by Gasteiger charge is -2.21. The van der Waals surface area contributed by atoms with Gasteiger partial charge in [-0.1, -0.05) is 0 Å². The van der Waals surface area contributed by atoms with Gasteiger partial charge < -0.3 is 9.73 Å². The number of rotatable bonds is 2. The van der Waals surface area contributed by atoms with Gasteiger partial charge in [0.2, 0.25) is 0 Å². The zero-order chi connectivity index (χ0) is 12.8. The summed E-state index contributed by atoms with van der Waals surface area (Å²) in [6.45, 7) is 6.39. The molecule has 0 aromatic carbocycles. The molecule has 3 heterocycles. The zero-order valence-electron chi connectivity index (χ0n) is 10.6. The van der Waals surface area contributed by atoms with E-state index in [0.717, 1.165) is 22.2 Å². The van der Waals surface area contributed by atoms with E-state index in [4.69, 9.17) is 4.42 Å². The van der Waals surface area contributed by atoms with Crippen LogP contribution in [0.1, 0.15) is 20.8 Å². The Morgan fingerprint density at radius 3 is 2.89 bits per heavy atom. The van der Waals surface area contributed by atoms with E-state index in [-0.39, 0.29) is 5.54 Å². The molecule has 0 saturated carbocycles. The quantitative estimate of drug-likeness (QED) is 0.761. The second-order valence-electron chi connectivity index (χ2n) is 5.22. The molecule has 0 aliphatic carbocycles. The highest BCUT2D eigenvalue weighted by Gasteiger charge is 2.20. The first-order chi connectivity index (χ1) is 8.54. The van der Waals surface area contributed by atoms with Crippen molar-refractivity contribution in [3.63, 3.8) is 0 Å². The fraction of sp³-hybridized carbons (Fsp3) is 0.308. The molecule has 0 atom stereocenters. The summed E-state index contributed by atoms with van der Waals surface area (Å²) in [5.74, 6) is 1.77. The third kappa shape index (κ3) is 1.90. The van der Waals surface area contributed by atoms with Gasteiger partial charge in [0.1, 0.15) is 11.5 Å². The van der Waals surface area contributed by atoms with Crippen LogP contribution in [0.15, 0.2) is 34.4 Å². The Hall–Kier alpha value is -1.75. The molecule has 0 unspecified atom stereocenters. The van der Waals surface area contributed by atoms with Gasteiger partial charge in [-0.25, -0.2) is 4.98 Å². The van der Waals surface area contributed by atoms with Crippen molar-refractivity contribution in [2.45, 2.75) is 26.3 Å². The fourth-order valence-corrected chi connectivity index (χ4v) is 2.56. The first-order valence-electron chi connectivity index (χ1n) is 5.82. The Kier molecular flexibility index (Phi) is 2.45. The SMILES string of the molecule is CC(C)(C)Nc1c(-c2ccco2)nc2sccn12. The molecule has 0 aliphatic heterocycles. The highest BCUT2D eigenvalue weighted by Crippen LogP contribution is 2.32. The predicted molar refractivity (Wildman–Crippen MR) is 74.1 cm³/mol. The number of furan rings is 1. The van der Waals surface area contributed by atoms with Crippen molar-refractivity contribution in [1.82, 2.24) is 9.38 Å². The number of hydrogen-bond donors (Lipinski definition) is 1. The first-order valence-corrected chi connectivity index (χ1v) is 6.70. The molecule has 0 spiro atoms. The number of nitrogens with one attached hydrogen (secondary N) is 1. The summed E-state index contributed by atoms with van der Waals surface area (Å²) in [5, 5.41) is 5.52. The summed E-state index contributed by atoms with van der Waals surface area (Å²) in [7, 11) is 0. The summed E-state index contributed by atoms with van der Waals surface area (Å²) in [6, 6.07) is 3.81. The number of nitrogens with zero attached hydrogens (tertiary/aromatic N) is 2. The second-order valence-corrected chi connectivity index (χ2v) is 6.09. The van der Waals surface area contributed by atoms with E-state index in [9.17, 15) is 0 Å². The van der Waals surface area contributed by atoms with E-state index < -0.39 is 0 Å². The molecule has 1 N–H and O–H groups in total. The van der Waals surface area contributed by atoms with Crippen LogP contribution in [0, 0.1) is 0 Å². The van der Waals surface area contributed by atoms with Crippen molar-refractivity contribution >= 4 is 22.1 Å². The number of anilines is 1. The van der Waals surface area contributed by atoms with Crippen LogP contribution in [0.4, 0.5) is 5.82 Å². The maximum Gasteiger partial charge on any atom is 0.195 e. The summed E-state index contributed by atoms with van der Waals surface area (Å²) in [6.07, 6.45) is 3.69. The maximum absolute atomic E-state index is 5.46. The average Bonchev–Trinajstić information content (AvgIpc) is 2.93. The van der Waals surface area contributed by atoms with Crippen LogP contribution in [-0.2, 0) is 0 Å². The van der Waals surface area contributed by atoms with Crippen molar-refractivity contribution in [3.05, 3.63) is 30.0 Å². The molecule has 3 rings (SSSR count). The van der Waals surface area contributed by atoms with E-state index in [1.54, 1.807) is 17.6 Å². The van der Waals surface area contributed by atoms with Crippen molar-refractivity contribution in [2.75, 3.05) is 5.32 Å². The van der Waals surface area contributed by atoms with Crippen LogP contribution in [0.25, 0.3) is 16.4 Å². The van der Waals surface area contributed by atoms with Gasteiger partial charge in [-0.2, -0.15) is 0 Å². The zero-order valence-corrected chi connectivity index (χ0v) is 11.4. The Labute approximate surface area is 109 Å². The molecule has 94 valence electrons. The number of imidazole rings is 1. The topological polar surface area (TPSA) is 42.5 Å². The standard InChI is InChI=1S/C13H15N3OS/c1-13(2,3)15-11-10(9-5-4-7-17-9)14-12-16(11)6-8-18-12/h4-8,15H,1-3H3. The van der Waals surface area contributed by atoms with E-state index in [2.05, 4.69) is 35.5 Å². The van der Waals surface area contributed by atoms with Gasteiger partial charge in [0, 0.05) is 17.1 Å². The lowest BCUT2D eigenvalue weighted by atomic mass is 10.1. The number of thiazole rings is 1. The van der Waals surface area contributed by atoms with Crippen LogP contribution in [0.3, 0.4) is 0 Å². The minimum Gasteiger partial charge on any atom is -0.463 e. The van der Waals surface area contributed by atoms with E-state index in [1.165, 1.54) is 0 Å². The van der Waals surface area contributed by atoms with Crippen molar-refractivity contribution in [3.8, 4) is 11.5 Å². The van der Waals surface area contributed by atoms with Crippen LogP contribution in [-0.4, -0.2) is 14.9 Å². The summed E-state index contributed by atoms with van der Waals surface area (Å²) in [4.78, 5) is 5.59. The molecule has 0 amide bonds. The largest absolute Gasteiger partial charge is 0.463 e. The predicted octanol–water partition coefficient (Wildman–Crippen LogP) is 3.87. The van der Waals surface area contributed by atoms with Gasteiger partial charge in [0.25, 0.3) is 0 Å². The smallest absolute Gasteiger partial charge is 0.195 e. The summed E-state index contributed by atoms with van der Waals surface area (Å²) >= 11 is 1.62. The van der Waals surface area contributed by atoms with Gasteiger partial charge in [-0.05, 0) is 32.9 Å². The molecule has 0 saturated heterocycles. The highest BCUT2D eigenvalue weighted by atomic mass is 32.1. The van der Waals surface area contributed by atoms with Crippen molar-refractivity contribution in [1.29, 1.82) is 0 Å². The minimum atomic E-state index is -0.0285. The molecule has 0 bridgehead atoms. The Bertz CT molecular complexity index is 658. The Morgan fingerprint density at radius 1 is 1.39 bits per heavy atom. The van der Waals surface area contributed by atoms with Gasteiger partial charge in [0.05, 0.1) is 6.26 Å². The molecule has 0 aliphatic rings. The van der Waals surface area contributed by atoms with Crippen molar-refractivity contribution < 1.29 is 4.42 Å². The molecular weight excluding hydrogens is 246 g/mol. The Balaban J connectivity index is 2.18. The third-order valence-electron chi connectivity index (χ3n) is 2.51. The maximum atomic E-state index is 5.46. The average molecular weight is 261 g/mol. The molecule has 0 fully saturated rings. The molecule has 5 heteroatoms. The minimum absolute atomic E-state index is 0.0285. The normalized spacial score (nSPS) is 12.2. The molecule has 3 aromatic rings. The van der Waals surface area contributed by atoms with Crippen LogP contribution < -0.4 is 5.32 Å². The Morgan fingerprint density at radius 2 is 2.22 bits per heavy atom. The van der Waals surface area contributed by atoms with E-state index in [0.29, 0.717) is 0 Å². The molecule has 3 aromatic heterocycles. The fourth-order valence-electron chi connectivity index (χ4n) is 1.85. The lowest BCUT2D eigenvalue weighted by molar-refractivity contribution is 0.579. The van der Waals surface area contributed by atoms with Gasteiger partial charge >= 0.3 is 0 Å². The molecular formula is C13H15N3OS. The van der Waals surface area contributed by atoms with E-state index >= 15 is 0 Å². The lowest BCUT2D eigenvalue weighted by Crippen LogP contribution is -2.27. The molecule has 0 radical (unpaired) electrons. The van der Waals surface area contributed by atoms with Crippen LogP contribution in [0.2, 0.25) is 0 Å². The number of fused-ring (bicyclic) bond motifs is 1. The van der Waals surface area contributed by atoms with E-state index in [1.807, 2.05) is 23.7 Å². The molecule has 18 heavy (non-hydrogen) atoms. The van der Waals surface area contributed by atoms with Crippen molar-refractivity contribution in [2.24, 2.45) is 0 Å². The summed E-state index contributed by atoms with van der Waals surface area (Å²) < 4.78 is 7.53. The van der Waals surface area contributed by atoms with Gasteiger partial charge in [0.15, 0.2) is 10.7 Å². The number of aromatic nitrogens is 2. The monoisotopic (exact) mass is 261 g/mol. The molecule has 4 nitrogen and oxygen atoms in total. The van der Waals surface area contributed by atoms with Crippen LogP contribution in [0.5, 0.6) is 0 Å². The van der Waals surface area contributed by atoms with Crippen LogP contribution >= 0.6 is 11.3 Å². The van der Waals surface area contributed by atoms with Gasteiger partial charge in [-0.15, -0.1) is 11.3 Å². The second kappa shape index (κ2) is 3.88. The third-order valence-corrected chi connectivity index (χ3v) is 3.27. The highest BCUT2D eigenvalue weighted by molar-refractivity contribution is 7.15. The van der Waals surface area contributed by atoms with Gasteiger partial charge in [-0.3, -0.25) is 4.40 Å².